The van der Waals surface area contributed by atoms with Crippen molar-refractivity contribution in [1.82, 2.24) is 4.90 Å². The van der Waals surface area contributed by atoms with Gasteiger partial charge in [-0.3, -0.25) is 4.79 Å². The number of carbonyl (C=O) groups is 1. The molecule has 0 atom stereocenters. The molecular formula is C24H31ClN2O2. The van der Waals surface area contributed by atoms with Crippen LogP contribution in [0, 0.1) is 20.8 Å². The summed E-state index contributed by atoms with van der Waals surface area (Å²) in [5, 5.41) is 0.731. The molecule has 29 heavy (non-hydrogen) atoms. The van der Waals surface area contributed by atoms with Crippen molar-refractivity contribution in [3.8, 4) is 5.75 Å². The number of rotatable bonds is 5. The van der Waals surface area contributed by atoms with E-state index in [1.807, 2.05) is 24.0 Å². The second-order valence-corrected chi connectivity index (χ2v) is 8.58. The molecule has 1 aliphatic heterocycles. The van der Waals surface area contributed by atoms with Gasteiger partial charge in [-0.2, -0.15) is 0 Å². The van der Waals surface area contributed by atoms with E-state index in [0.717, 1.165) is 35.0 Å². The standard InChI is InChI=1S/C24H31ClN2O2/c1-16(2)20-14-21(25)18(4)13-23(20)29-15-24(28)27-11-9-26(10-12-27)22-8-6-7-17(3)19(22)5/h6-8,13-14,16H,9-12,15H2,1-5H3. The number of hydrogen-bond acceptors (Lipinski definition) is 3. The third-order valence-corrected chi connectivity index (χ3v) is 6.22. The fourth-order valence-electron chi connectivity index (χ4n) is 3.75. The van der Waals surface area contributed by atoms with Crippen LogP contribution >= 0.6 is 11.6 Å². The number of hydrogen-bond donors (Lipinski definition) is 0. The lowest BCUT2D eigenvalue weighted by molar-refractivity contribution is -0.133. The topological polar surface area (TPSA) is 32.8 Å². The van der Waals surface area contributed by atoms with Crippen LogP contribution in [0.4, 0.5) is 5.69 Å². The first-order valence-corrected chi connectivity index (χ1v) is 10.7. The number of piperazine rings is 1. The van der Waals surface area contributed by atoms with Crippen LogP contribution in [0.15, 0.2) is 30.3 Å². The van der Waals surface area contributed by atoms with Crippen molar-refractivity contribution in [3.63, 3.8) is 0 Å². The molecule has 0 unspecified atom stereocenters. The molecule has 0 N–H and O–H groups in total. The normalized spacial score (nSPS) is 14.4. The molecule has 0 aromatic heterocycles. The van der Waals surface area contributed by atoms with Crippen molar-refractivity contribution in [2.24, 2.45) is 0 Å². The van der Waals surface area contributed by atoms with Crippen LogP contribution in [-0.2, 0) is 4.79 Å². The van der Waals surface area contributed by atoms with E-state index >= 15 is 0 Å². The van der Waals surface area contributed by atoms with Gasteiger partial charge in [-0.25, -0.2) is 0 Å². The van der Waals surface area contributed by atoms with Gasteiger partial charge in [-0.05, 0) is 67.1 Å². The van der Waals surface area contributed by atoms with Crippen LogP contribution in [0.1, 0.15) is 42.0 Å². The molecule has 5 heteroatoms. The van der Waals surface area contributed by atoms with Crippen molar-refractivity contribution in [1.29, 1.82) is 0 Å². The summed E-state index contributed by atoms with van der Waals surface area (Å²) in [6.07, 6.45) is 0. The molecule has 2 aromatic rings. The lowest BCUT2D eigenvalue weighted by Crippen LogP contribution is -2.50. The average Bonchev–Trinajstić information content (AvgIpc) is 2.70. The van der Waals surface area contributed by atoms with Crippen LogP contribution < -0.4 is 9.64 Å². The maximum absolute atomic E-state index is 12.7. The van der Waals surface area contributed by atoms with Crippen molar-refractivity contribution < 1.29 is 9.53 Å². The number of nitrogens with zero attached hydrogens (tertiary/aromatic N) is 2. The minimum atomic E-state index is 0.0351. The van der Waals surface area contributed by atoms with Gasteiger partial charge in [0.1, 0.15) is 5.75 Å². The Morgan fingerprint density at radius 3 is 2.41 bits per heavy atom. The van der Waals surface area contributed by atoms with Gasteiger partial charge in [0.15, 0.2) is 6.61 Å². The molecule has 156 valence electrons. The third-order valence-electron chi connectivity index (χ3n) is 5.81. The predicted octanol–water partition coefficient (Wildman–Crippen LogP) is 5.12. The Balaban J connectivity index is 1.60. The van der Waals surface area contributed by atoms with Crippen molar-refractivity contribution in [2.45, 2.75) is 40.5 Å². The molecule has 1 fully saturated rings. The first-order chi connectivity index (χ1) is 13.8. The van der Waals surface area contributed by atoms with Gasteiger partial charge in [0.05, 0.1) is 0 Å². The van der Waals surface area contributed by atoms with Crippen LogP contribution in [0.25, 0.3) is 0 Å². The summed E-state index contributed by atoms with van der Waals surface area (Å²) >= 11 is 6.26. The number of halogens is 1. The first-order valence-electron chi connectivity index (χ1n) is 10.3. The van der Waals surface area contributed by atoms with E-state index in [0.29, 0.717) is 13.1 Å². The number of benzene rings is 2. The van der Waals surface area contributed by atoms with Gasteiger partial charge in [0, 0.05) is 36.9 Å². The van der Waals surface area contributed by atoms with E-state index in [1.54, 1.807) is 0 Å². The predicted molar refractivity (Wildman–Crippen MR) is 120 cm³/mol. The lowest BCUT2D eigenvalue weighted by atomic mass is 10.0. The first kappa shape index (κ1) is 21.5. The van der Waals surface area contributed by atoms with Crippen LogP contribution in [0.2, 0.25) is 5.02 Å². The zero-order chi connectivity index (χ0) is 21.1. The van der Waals surface area contributed by atoms with Crippen LogP contribution in [-0.4, -0.2) is 43.6 Å². The number of ether oxygens (including phenoxy) is 1. The minimum Gasteiger partial charge on any atom is -0.483 e. The summed E-state index contributed by atoms with van der Waals surface area (Å²) in [6.45, 7) is 13.6. The molecule has 0 saturated carbocycles. The molecule has 0 radical (unpaired) electrons. The molecule has 4 nitrogen and oxygen atoms in total. The number of amides is 1. The summed E-state index contributed by atoms with van der Waals surface area (Å²) in [5.41, 5.74) is 5.88. The fourth-order valence-corrected chi connectivity index (χ4v) is 3.92. The quantitative estimate of drug-likeness (QED) is 0.681. The Morgan fingerprint density at radius 1 is 1.07 bits per heavy atom. The van der Waals surface area contributed by atoms with Gasteiger partial charge < -0.3 is 14.5 Å². The van der Waals surface area contributed by atoms with E-state index in [-0.39, 0.29) is 18.4 Å². The molecule has 0 aliphatic carbocycles. The second-order valence-electron chi connectivity index (χ2n) is 8.17. The van der Waals surface area contributed by atoms with Crippen LogP contribution in [0.5, 0.6) is 5.75 Å². The SMILES string of the molecule is Cc1cc(OCC(=O)N2CCN(c3cccc(C)c3C)CC2)c(C(C)C)cc1Cl. The van der Waals surface area contributed by atoms with Crippen LogP contribution in [0.3, 0.4) is 0 Å². The number of carbonyl (C=O) groups excluding carboxylic acids is 1. The fraction of sp³-hybridized carbons (Fsp3) is 0.458. The largest absolute Gasteiger partial charge is 0.483 e. The van der Waals surface area contributed by atoms with E-state index in [1.165, 1.54) is 16.8 Å². The second kappa shape index (κ2) is 9.08. The molecule has 1 aliphatic rings. The Bertz CT molecular complexity index is 887. The molecule has 1 heterocycles. The Kier molecular flexibility index (Phi) is 6.74. The molecular weight excluding hydrogens is 384 g/mol. The monoisotopic (exact) mass is 414 g/mol. The zero-order valence-electron chi connectivity index (χ0n) is 18.1. The Morgan fingerprint density at radius 2 is 1.76 bits per heavy atom. The van der Waals surface area contributed by atoms with Crippen molar-refractivity contribution in [3.05, 3.63) is 57.6 Å². The highest BCUT2D eigenvalue weighted by Crippen LogP contribution is 2.32. The summed E-state index contributed by atoms with van der Waals surface area (Å²) in [4.78, 5) is 17.0. The summed E-state index contributed by atoms with van der Waals surface area (Å²) < 4.78 is 5.93. The van der Waals surface area contributed by atoms with E-state index in [2.05, 4.69) is 50.8 Å². The molecule has 1 amide bonds. The van der Waals surface area contributed by atoms with Gasteiger partial charge in [0.2, 0.25) is 0 Å². The maximum Gasteiger partial charge on any atom is 0.260 e. The van der Waals surface area contributed by atoms with Gasteiger partial charge in [0.25, 0.3) is 5.91 Å². The lowest BCUT2D eigenvalue weighted by Gasteiger charge is -2.37. The van der Waals surface area contributed by atoms with Crippen molar-refractivity contribution >= 4 is 23.2 Å². The molecule has 0 spiro atoms. The minimum absolute atomic E-state index is 0.0351. The van der Waals surface area contributed by atoms with E-state index in [4.69, 9.17) is 16.3 Å². The smallest absolute Gasteiger partial charge is 0.260 e. The molecule has 2 aromatic carbocycles. The van der Waals surface area contributed by atoms with Crippen molar-refractivity contribution in [2.75, 3.05) is 37.7 Å². The maximum atomic E-state index is 12.7. The summed E-state index contributed by atoms with van der Waals surface area (Å²) in [5.74, 6) is 1.07. The van der Waals surface area contributed by atoms with Gasteiger partial charge in [-0.1, -0.05) is 37.6 Å². The Labute approximate surface area is 179 Å². The zero-order valence-corrected chi connectivity index (χ0v) is 18.8. The highest BCUT2D eigenvalue weighted by Gasteiger charge is 2.23. The highest BCUT2D eigenvalue weighted by molar-refractivity contribution is 6.31. The summed E-state index contributed by atoms with van der Waals surface area (Å²) in [6, 6.07) is 10.3. The number of aryl methyl sites for hydroxylation is 2. The third kappa shape index (κ3) is 4.87. The van der Waals surface area contributed by atoms with E-state index < -0.39 is 0 Å². The average molecular weight is 415 g/mol. The van der Waals surface area contributed by atoms with Gasteiger partial charge in [-0.15, -0.1) is 0 Å². The highest BCUT2D eigenvalue weighted by atomic mass is 35.5. The Hall–Kier alpha value is -2.20. The summed E-state index contributed by atoms with van der Waals surface area (Å²) in [7, 11) is 0. The van der Waals surface area contributed by atoms with E-state index in [9.17, 15) is 4.79 Å². The molecule has 3 rings (SSSR count). The molecule has 0 bridgehead atoms. The molecule has 1 saturated heterocycles. The van der Waals surface area contributed by atoms with Gasteiger partial charge >= 0.3 is 0 Å². The number of anilines is 1.